The molecule has 3 aromatic rings. The van der Waals surface area contributed by atoms with Crippen LogP contribution in [0.2, 0.25) is 0 Å². The number of carbonyl (C=O) groups excluding carboxylic acids is 2. The number of ether oxygens (including phenoxy) is 1. The van der Waals surface area contributed by atoms with E-state index >= 15 is 0 Å². The van der Waals surface area contributed by atoms with Crippen molar-refractivity contribution in [2.45, 2.75) is 19.3 Å². The van der Waals surface area contributed by atoms with Gasteiger partial charge in [0.25, 0.3) is 5.91 Å². The fourth-order valence-corrected chi connectivity index (χ4v) is 2.87. The van der Waals surface area contributed by atoms with Crippen molar-refractivity contribution in [3.05, 3.63) is 72.2 Å². The molecule has 0 fully saturated rings. The van der Waals surface area contributed by atoms with Crippen molar-refractivity contribution in [2.24, 2.45) is 0 Å². The summed E-state index contributed by atoms with van der Waals surface area (Å²) in [4.78, 5) is 28.3. The summed E-state index contributed by atoms with van der Waals surface area (Å²) in [5.74, 6) is 1.78. The number of carbonyl (C=O) groups is 2. The smallest absolute Gasteiger partial charge is 0.251 e. The van der Waals surface area contributed by atoms with Crippen LogP contribution >= 0.6 is 0 Å². The number of benzene rings is 2. The van der Waals surface area contributed by atoms with Gasteiger partial charge in [-0.25, -0.2) is 4.98 Å². The molecule has 0 aliphatic heterocycles. The third-order valence-corrected chi connectivity index (χ3v) is 4.49. The Hall–Kier alpha value is -3.61. The van der Waals surface area contributed by atoms with E-state index in [4.69, 9.17) is 9.15 Å². The van der Waals surface area contributed by atoms with Gasteiger partial charge in [0.2, 0.25) is 5.91 Å². The maximum absolute atomic E-state index is 12.0. The number of aryl methyl sites for hydroxylation is 1. The summed E-state index contributed by atoms with van der Waals surface area (Å²) in [6.45, 7) is 0.731. The van der Waals surface area contributed by atoms with E-state index in [0.717, 1.165) is 11.3 Å². The van der Waals surface area contributed by atoms with Gasteiger partial charge in [-0.05, 0) is 30.7 Å². The van der Waals surface area contributed by atoms with E-state index < -0.39 is 0 Å². The van der Waals surface area contributed by atoms with Gasteiger partial charge in [-0.3, -0.25) is 9.59 Å². The first-order valence-electron chi connectivity index (χ1n) is 9.85. The molecular weight excluding hydrogens is 382 g/mol. The number of nitrogens with zero attached hydrogens (tertiary/aromatic N) is 1. The van der Waals surface area contributed by atoms with Crippen LogP contribution in [0.4, 0.5) is 0 Å². The lowest BCUT2D eigenvalue weighted by molar-refractivity contribution is -0.121. The van der Waals surface area contributed by atoms with Gasteiger partial charge in [-0.2, -0.15) is 0 Å². The summed E-state index contributed by atoms with van der Waals surface area (Å²) in [6, 6.07) is 16.6. The highest BCUT2D eigenvalue weighted by Crippen LogP contribution is 2.20. The van der Waals surface area contributed by atoms with E-state index in [1.807, 2.05) is 30.3 Å². The highest BCUT2D eigenvalue weighted by molar-refractivity contribution is 5.94. The van der Waals surface area contributed by atoms with E-state index in [1.54, 1.807) is 37.6 Å². The Balaban J connectivity index is 1.30. The van der Waals surface area contributed by atoms with E-state index in [2.05, 4.69) is 15.6 Å². The molecule has 156 valence electrons. The molecule has 0 aliphatic rings. The van der Waals surface area contributed by atoms with Crippen LogP contribution in [0, 0.1) is 0 Å². The van der Waals surface area contributed by atoms with Crippen LogP contribution in [0.3, 0.4) is 0 Å². The number of oxazole rings is 1. The molecule has 0 unspecified atom stereocenters. The van der Waals surface area contributed by atoms with Crippen molar-refractivity contribution in [1.29, 1.82) is 0 Å². The molecule has 7 heteroatoms. The number of aromatic nitrogens is 1. The van der Waals surface area contributed by atoms with Crippen molar-refractivity contribution in [3.63, 3.8) is 0 Å². The van der Waals surface area contributed by atoms with Crippen LogP contribution in [0.15, 0.2) is 65.2 Å². The number of nitrogens with one attached hydrogen (secondary N) is 2. The molecule has 2 N–H and O–H groups in total. The molecule has 2 aromatic carbocycles. The predicted molar refractivity (Wildman–Crippen MR) is 113 cm³/mol. The maximum atomic E-state index is 12.0. The normalized spacial score (nSPS) is 10.4. The number of amides is 2. The average molecular weight is 407 g/mol. The number of methoxy groups -OCH3 is 1. The predicted octanol–water partition coefficient (Wildman–Crippen LogP) is 3.22. The molecule has 3 rings (SSSR count). The lowest BCUT2D eigenvalue weighted by Gasteiger charge is -2.07. The molecule has 0 radical (unpaired) electrons. The Morgan fingerprint density at radius 3 is 2.47 bits per heavy atom. The Morgan fingerprint density at radius 2 is 1.73 bits per heavy atom. The van der Waals surface area contributed by atoms with Crippen molar-refractivity contribution in [1.82, 2.24) is 15.6 Å². The first-order valence-corrected chi connectivity index (χ1v) is 9.85. The summed E-state index contributed by atoms with van der Waals surface area (Å²) in [5.41, 5.74) is 1.52. The molecule has 30 heavy (non-hydrogen) atoms. The monoisotopic (exact) mass is 407 g/mol. The highest BCUT2D eigenvalue weighted by atomic mass is 16.5. The summed E-state index contributed by atoms with van der Waals surface area (Å²) < 4.78 is 10.8. The molecular formula is C23H25N3O4. The topological polar surface area (TPSA) is 93.5 Å². The van der Waals surface area contributed by atoms with Crippen molar-refractivity contribution < 1.29 is 18.7 Å². The van der Waals surface area contributed by atoms with Gasteiger partial charge in [0.05, 0.1) is 13.3 Å². The highest BCUT2D eigenvalue weighted by Gasteiger charge is 2.08. The number of hydrogen-bond donors (Lipinski definition) is 2. The largest absolute Gasteiger partial charge is 0.497 e. The maximum Gasteiger partial charge on any atom is 0.251 e. The van der Waals surface area contributed by atoms with Crippen molar-refractivity contribution in [3.8, 4) is 17.1 Å². The Morgan fingerprint density at radius 1 is 1.00 bits per heavy atom. The minimum absolute atomic E-state index is 0.0662. The Bertz CT molecular complexity index is 952. The molecule has 0 bridgehead atoms. The zero-order valence-electron chi connectivity index (χ0n) is 16.9. The van der Waals surface area contributed by atoms with Gasteiger partial charge in [-0.1, -0.05) is 30.3 Å². The van der Waals surface area contributed by atoms with E-state index in [9.17, 15) is 9.59 Å². The quantitative estimate of drug-likeness (QED) is 0.504. The molecule has 0 saturated carbocycles. The second kappa shape index (κ2) is 10.8. The number of rotatable bonds is 10. The average Bonchev–Trinajstić information content (AvgIpc) is 3.26. The SMILES string of the molecule is COc1ccc(C(=O)NCCNC(=O)CCCc2ncc(-c3ccccc3)o2)cc1. The summed E-state index contributed by atoms with van der Waals surface area (Å²) in [7, 11) is 1.57. The van der Waals surface area contributed by atoms with Gasteiger partial charge in [0, 0.05) is 37.1 Å². The minimum atomic E-state index is -0.190. The van der Waals surface area contributed by atoms with E-state index in [1.165, 1.54) is 0 Å². The van der Waals surface area contributed by atoms with E-state index in [-0.39, 0.29) is 11.8 Å². The molecule has 0 saturated heterocycles. The van der Waals surface area contributed by atoms with Gasteiger partial charge < -0.3 is 19.8 Å². The lowest BCUT2D eigenvalue weighted by atomic mass is 10.2. The minimum Gasteiger partial charge on any atom is -0.497 e. The van der Waals surface area contributed by atoms with Crippen molar-refractivity contribution in [2.75, 3.05) is 20.2 Å². The van der Waals surface area contributed by atoms with E-state index in [0.29, 0.717) is 49.6 Å². The van der Waals surface area contributed by atoms with Crippen LogP contribution in [0.1, 0.15) is 29.1 Å². The molecule has 7 nitrogen and oxygen atoms in total. The fourth-order valence-electron chi connectivity index (χ4n) is 2.87. The zero-order valence-corrected chi connectivity index (χ0v) is 16.9. The summed E-state index contributed by atoms with van der Waals surface area (Å²) in [5, 5.41) is 5.57. The third-order valence-electron chi connectivity index (χ3n) is 4.49. The second-order valence-electron chi connectivity index (χ2n) is 6.67. The molecule has 0 aliphatic carbocycles. The fraction of sp³-hybridized carbons (Fsp3) is 0.261. The second-order valence-corrected chi connectivity index (χ2v) is 6.67. The van der Waals surface area contributed by atoms with Crippen LogP contribution in [-0.2, 0) is 11.2 Å². The van der Waals surface area contributed by atoms with Crippen molar-refractivity contribution >= 4 is 11.8 Å². The van der Waals surface area contributed by atoms with Gasteiger partial charge in [-0.15, -0.1) is 0 Å². The zero-order chi connectivity index (χ0) is 21.2. The van der Waals surface area contributed by atoms with Crippen LogP contribution < -0.4 is 15.4 Å². The molecule has 0 spiro atoms. The van der Waals surface area contributed by atoms with Crippen LogP contribution in [-0.4, -0.2) is 37.0 Å². The molecule has 1 aromatic heterocycles. The Labute approximate surface area is 175 Å². The lowest BCUT2D eigenvalue weighted by Crippen LogP contribution is -2.34. The molecule has 1 heterocycles. The van der Waals surface area contributed by atoms with Gasteiger partial charge in [0.1, 0.15) is 5.75 Å². The number of hydrogen-bond acceptors (Lipinski definition) is 5. The first-order chi connectivity index (χ1) is 14.7. The Kier molecular flexibility index (Phi) is 7.60. The van der Waals surface area contributed by atoms with Crippen LogP contribution in [0.5, 0.6) is 5.75 Å². The first kappa shape index (κ1) is 21.1. The summed E-state index contributed by atoms with van der Waals surface area (Å²) >= 11 is 0. The third kappa shape index (κ3) is 6.20. The molecule has 0 atom stereocenters. The van der Waals surface area contributed by atoms with Gasteiger partial charge in [0.15, 0.2) is 11.7 Å². The summed E-state index contributed by atoms with van der Waals surface area (Å²) in [6.07, 6.45) is 3.30. The molecule has 2 amide bonds. The van der Waals surface area contributed by atoms with Gasteiger partial charge >= 0.3 is 0 Å². The standard InChI is InChI=1S/C23H25N3O4/c1-29-19-12-10-18(11-13-19)23(28)25-15-14-24-21(27)8-5-9-22-26-16-20(30-22)17-6-3-2-4-7-17/h2-4,6-7,10-13,16H,5,8-9,14-15H2,1H3,(H,24,27)(H,25,28). The van der Waals surface area contributed by atoms with Crippen LogP contribution in [0.25, 0.3) is 11.3 Å².